The zero-order chi connectivity index (χ0) is 18.3. The van der Waals surface area contributed by atoms with Crippen LogP contribution < -0.4 is 0 Å². The lowest BCUT2D eigenvalue weighted by Crippen LogP contribution is -2.46. The molecule has 0 radical (unpaired) electrons. The second-order valence-corrected chi connectivity index (χ2v) is 7.27. The molecule has 0 aromatic heterocycles. The van der Waals surface area contributed by atoms with E-state index in [1.54, 1.807) is 33.9 Å². The van der Waals surface area contributed by atoms with Crippen LogP contribution >= 0.6 is 0 Å². The number of hydrogen-bond donors (Lipinski definition) is 0. The molecule has 2 unspecified atom stereocenters. The molecule has 0 N–H and O–H groups in total. The Morgan fingerprint density at radius 2 is 2.08 bits per heavy atom. The van der Waals surface area contributed by atoms with Gasteiger partial charge in [0.1, 0.15) is 17.7 Å². The molecule has 1 aliphatic rings. The number of esters is 1. The van der Waals surface area contributed by atoms with Crippen LogP contribution in [0.1, 0.15) is 53.4 Å². The summed E-state index contributed by atoms with van der Waals surface area (Å²) in [6, 6.07) is -0.638. The number of rotatable bonds is 4. The van der Waals surface area contributed by atoms with Crippen molar-refractivity contribution in [2.75, 3.05) is 13.7 Å². The molecule has 1 saturated heterocycles. The van der Waals surface area contributed by atoms with E-state index in [0.29, 0.717) is 19.4 Å². The molecule has 1 heterocycles. The maximum absolute atomic E-state index is 12.4. The molecule has 0 bridgehead atoms. The first-order chi connectivity index (χ1) is 11.1. The second kappa shape index (κ2) is 9.06. The Morgan fingerprint density at radius 3 is 2.67 bits per heavy atom. The van der Waals surface area contributed by atoms with E-state index in [4.69, 9.17) is 14.2 Å². The van der Waals surface area contributed by atoms with Gasteiger partial charge in [-0.1, -0.05) is 6.08 Å². The van der Waals surface area contributed by atoms with E-state index >= 15 is 0 Å². The van der Waals surface area contributed by atoms with Gasteiger partial charge in [-0.3, -0.25) is 4.90 Å². The van der Waals surface area contributed by atoms with Crippen molar-refractivity contribution in [1.29, 1.82) is 0 Å². The van der Waals surface area contributed by atoms with Crippen LogP contribution in [0.4, 0.5) is 4.79 Å². The first-order valence-corrected chi connectivity index (χ1v) is 8.53. The van der Waals surface area contributed by atoms with Crippen molar-refractivity contribution < 1.29 is 23.8 Å². The molecule has 6 heteroatoms. The Morgan fingerprint density at radius 1 is 1.42 bits per heavy atom. The van der Waals surface area contributed by atoms with Gasteiger partial charge >= 0.3 is 12.1 Å². The number of carbonyl (C=O) groups excluding carboxylic acids is 2. The zero-order valence-electron chi connectivity index (χ0n) is 15.5. The summed E-state index contributed by atoms with van der Waals surface area (Å²) in [6.07, 6.45) is 3.70. The summed E-state index contributed by atoms with van der Waals surface area (Å²) in [5.74, 6) is -0.389. The lowest BCUT2D eigenvalue weighted by atomic mass is 10.0. The van der Waals surface area contributed by atoms with Gasteiger partial charge in [0.25, 0.3) is 0 Å². The summed E-state index contributed by atoms with van der Waals surface area (Å²) in [5, 5.41) is 0. The van der Waals surface area contributed by atoms with E-state index in [1.165, 1.54) is 4.90 Å². The minimum Gasteiger partial charge on any atom is -0.461 e. The van der Waals surface area contributed by atoms with E-state index in [0.717, 1.165) is 12.8 Å². The van der Waals surface area contributed by atoms with Crippen LogP contribution in [0.25, 0.3) is 0 Å². The lowest BCUT2D eigenvalue weighted by Gasteiger charge is -2.29. The minimum absolute atomic E-state index is 0.0244. The summed E-state index contributed by atoms with van der Waals surface area (Å²) in [5.41, 5.74) is -0.606. The van der Waals surface area contributed by atoms with Gasteiger partial charge in [-0.25, -0.2) is 9.59 Å². The lowest BCUT2D eigenvalue weighted by molar-refractivity contribution is -0.155. The number of amides is 1. The molecular formula is C18H31NO5. The zero-order valence-corrected chi connectivity index (χ0v) is 15.5. The van der Waals surface area contributed by atoms with Gasteiger partial charge < -0.3 is 14.2 Å². The van der Waals surface area contributed by atoms with Gasteiger partial charge in [0, 0.05) is 13.5 Å². The Kier molecular flexibility index (Phi) is 7.73. The number of nitrogens with zero attached hydrogens (tertiary/aromatic N) is 1. The molecule has 3 atom stereocenters. The summed E-state index contributed by atoms with van der Waals surface area (Å²) in [7, 11) is 1.58. The van der Waals surface area contributed by atoms with E-state index in [9.17, 15) is 9.59 Å². The number of ether oxygens (including phenoxy) is 3. The van der Waals surface area contributed by atoms with E-state index < -0.39 is 17.7 Å². The van der Waals surface area contributed by atoms with Crippen molar-refractivity contribution in [1.82, 2.24) is 4.90 Å². The third-order valence-electron chi connectivity index (χ3n) is 3.79. The number of cyclic esters (lactones) is 1. The molecule has 0 aromatic rings. The van der Waals surface area contributed by atoms with Gasteiger partial charge in [0.15, 0.2) is 0 Å². The minimum atomic E-state index is -0.638. The van der Waals surface area contributed by atoms with Crippen LogP contribution in [0.2, 0.25) is 0 Å². The quantitative estimate of drug-likeness (QED) is 0.580. The highest BCUT2D eigenvalue weighted by Gasteiger charge is 2.33. The molecule has 24 heavy (non-hydrogen) atoms. The second-order valence-electron chi connectivity index (χ2n) is 7.27. The average Bonchev–Trinajstić information content (AvgIpc) is 2.51. The van der Waals surface area contributed by atoms with Crippen LogP contribution in [-0.4, -0.2) is 54.5 Å². The van der Waals surface area contributed by atoms with Crippen molar-refractivity contribution in [3.63, 3.8) is 0 Å². The predicted molar refractivity (Wildman–Crippen MR) is 91.7 cm³/mol. The Bertz CT molecular complexity index is 443. The molecule has 1 amide bonds. The predicted octanol–water partition coefficient (Wildman–Crippen LogP) is 3.30. The third kappa shape index (κ3) is 6.91. The maximum Gasteiger partial charge on any atom is 0.410 e. The van der Waals surface area contributed by atoms with Crippen LogP contribution in [0.15, 0.2) is 12.7 Å². The fraction of sp³-hybridized carbons (Fsp3) is 0.778. The molecule has 0 aromatic carbocycles. The van der Waals surface area contributed by atoms with Crippen LogP contribution in [-0.2, 0) is 19.0 Å². The first kappa shape index (κ1) is 20.5. The van der Waals surface area contributed by atoms with Crippen molar-refractivity contribution >= 4 is 12.1 Å². The Hall–Kier alpha value is -1.56. The van der Waals surface area contributed by atoms with E-state index in [-0.39, 0.29) is 18.2 Å². The van der Waals surface area contributed by atoms with Gasteiger partial charge in [-0.2, -0.15) is 0 Å². The molecule has 1 aliphatic heterocycles. The van der Waals surface area contributed by atoms with Gasteiger partial charge in [-0.15, -0.1) is 6.58 Å². The van der Waals surface area contributed by atoms with Crippen molar-refractivity contribution in [2.45, 2.75) is 77.2 Å². The standard InChI is InChI=1S/C18H31NO5/c1-7-11-22-14-9-8-10-15(16(20)23-13(2)12-14)19(6)17(21)24-18(3,4)5/h7,13-15H,1,8-12H2,2-6H3/t13?,14?,15-/m0/s1. The third-order valence-corrected chi connectivity index (χ3v) is 3.79. The van der Waals surface area contributed by atoms with E-state index in [2.05, 4.69) is 6.58 Å². The highest BCUT2D eigenvalue weighted by Crippen LogP contribution is 2.21. The molecule has 0 spiro atoms. The molecular weight excluding hydrogens is 310 g/mol. The molecule has 1 rings (SSSR count). The fourth-order valence-corrected chi connectivity index (χ4v) is 2.64. The van der Waals surface area contributed by atoms with Gasteiger partial charge in [0.05, 0.1) is 12.7 Å². The number of hydrogen-bond acceptors (Lipinski definition) is 5. The van der Waals surface area contributed by atoms with Crippen LogP contribution in [0.5, 0.6) is 0 Å². The monoisotopic (exact) mass is 341 g/mol. The molecule has 6 nitrogen and oxygen atoms in total. The Labute approximate surface area is 145 Å². The summed E-state index contributed by atoms with van der Waals surface area (Å²) in [6.45, 7) is 11.4. The first-order valence-electron chi connectivity index (χ1n) is 8.53. The summed E-state index contributed by atoms with van der Waals surface area (Å²) < 4.78 is 16.6. The Balaban J connectivity index is 2.75. The number of likely N-dealkylation sites (N-methyl/N-ethyl adjacent to an activating group) is 1. The van der Waals surface area contributed by atoms with Crippen LogP contribution in [0.3, 0.4) is 0 Å². The van der Waals surface area contributed by atoms with Crippen molar-refractivity contribution in [3.05, 3.63) is 12.7 Å². The highest BCUT2D eigenvalue weighted by molar-refractivity contribution is 5.81. The topological polar surface area (TPSA) is 65.1 Å². The van der Waals surface area contributed by atoms with Gasteiger partial charge in [0.2, 0.25) is 0 Å². The number of carbonyl (C=O) groups is 2. The maximum atomic E-state index is 12.4. The summed E-state index contributed by atoms with van der Waals surface area (Å²) in [4.78, 5) is 26.0. The van der Waals surface area contributed by atoms with Crippen LogP contribution in [0, 0.1) is 0 Å². The smallest absolute Gasteiger partial charge is 0.410 e. The fourth-order valence-electron chi connectivity index (χ4n) is 2.64. The normalized spacial score (nSPS) is 25.7. The summed E-state index contributed by atoms with van der Waals surface area (Å²) >= 11 is 0. The van der Waals surface area contributed by atoms with Crippen molar-refractivity contribution in [2.24, 2.45) is 0 Å². The molecule has 0 aliphatic carbocycles. The van der Waals surface area contributed by atoms with E-state index in [1.807, 2.05) is 6.92 Å². The van der Waals surface area contributed by atoms with Gasteiger partial charge in [-0.05, 0) is 47.0 Å². The molecule has 138 valence electrons. The SMILES string of the molecule is C=CCOC1CCC[C@H](N(C)C(=O)OC(C)(C)C)C(=O)OC(C)C1. The largest absolute Gasteiger partial charge is 0.461 e. The average molecular weight is 341 g/mol. The molecule has 0 saturated carbocycles. The molecule has 1 fully saturated rings. The van der Waals surface area contributed by atoms with Crippen molar-refractivity contribution in [3.8, 4) is 0 Å². The highest BCUT2D eigenvalue weighted by atomic mass is 16.6.